The minimum atomic E-state index is -0.200. The smallest absolute Gasteiger partial charge is 0.280 e. The Morgan fingerprint density at radius 2 is 1.97 bits per heavy atom. The Bertz CT molecular complexity index is 1360. The zero-order valence-electron chi connectivity index (χ0n) is 17.1. The SMILES string of the molecule is Cc1ccc(N2C[C@@H]3C(c4noc(Cn5cnc6ncn(C)c6c5=O)n4)[C@@H]3C2)cc1F. The average molecular weight is 421 g/mol. The maximum atomic E-state index is 13.9. The van der Waals surface area contributed by atoms with Crippen LogP contribution in [0, 0.1) is 24.6 Å². The normalized spacial score (nSPS) is 22.3. The number of aryl methyl sites for hydroxylation is 2. The Hall–Kier alpha value is -3.56. The molecule has 4 aromatic rings. The fourth-order valence-corrected chi connectivity index (χ4v) is 4.70. The second-order valence-corrected chi connectivity index (χ2v) is 8.44. The van der Waals surface area contributed by atoms with Crippen molar-refractivity contribution in [1.82, 2.24) is 29.2 Å². The van der Waals surface area contributed by atoms with E-state index in [0.29, 0.717) is 40.3 Å². The molecule has 31 heavy (non-hydrogen) atoms. The zero-order valence-corrected chi connectivity index (χ0v) is 17.1. The van der Waals surface area contributed by atoms with E-state index in [0.717, 1.165) is 18.8 Å². The second kappa shape index (κ2) is 6.47. The maximum Gasteiger partial charge on any atom is 0.280 e. The van der Waals surface area contributed by atoms with Gasteiger partial charge in [-0.15, -0.1) is 0 Å². The Balaban J connectivity index is 1.16. The van der Waals surface area contributed by atoms with Gasteiger partial charge >= 0.3 is 0 Å². The van der Waals surface area contributed by atoms with Crippen LogP contribution in [-0.2, 0) is 13.6 Å². The highest BCUT2D eigenvalue weighted by Gasteiger charge is 2.58. The zero-order chi connectivity index (χ0) is 21.3. The van der Waals surface area contributed by atoms with E-state index in [4.69, 9.17) is 4.52 Å². The first-order valence-electron chi connectivity index (χ1n) is 10.2. The van der Waals surface area contributed by atoms with E-state index in [1.165, 1.54) is 10.9 Å². The molecule has 1 aliphatic carbocycles. The lowest BCUT2D eigenvalue weighted by Gasteiger charge is -2.21. The molecule has 0 spiro atoms. The van der Waals surface area contributed by atoms with Gasteiger partial charge in [0.1, 0.15) is 18.7 Å². The van der Waals surface area contributed by atoms with Crippen molar-refractivity contribution in [1.29, 1.82) is 0 Å². The van der Waals surface area contributed by atoms with Crippen LogP contribution in [-0.4, -0.2) is 42.3 Å². The number of benzene rings is 1. The highest BCUT2D eigenvalue weighted by atomic mass is 19.1. The highest BCUT2D eigenvalue weighted by molar-refractivity contribution is 5.68. The van der Waals surface area contributed by atoms with E-state index in [9.17, 15) is 9.18 Å². The van der Waals surface area contributed by atoms with Gasteiger partial charge in [-0.3, -0.25) is 9.36 Å². The predicted octanol–water partition coefficient (Wildman–Crippen LogP) is 1.86. The van der Waals surface area contributed by atoms with Gasteiger partial charge < -0.3 is 14.0 Å². The van der Waals surface area contributed by atoms with Gasteiger partial charge in [0.15, 0.2) is 17.0 Å². The molecule has 1 saturated heterocycles. The minimum absolute atomic E-state index is 0.163. The maximum absolute atomic E-state index is 13.9. The van der Waals surface area contributed by atoms with Crippen molar-refractivity contribution < 1.29 is 8.91 Å². The molecule has 1 aromatic carbocycles. The van der Waals surface area contributed by atoms with Crippen molar-refractivity contribution in [3.05, 3.63) is 64.3 Å². The summed E-state index contributed by atoms with van der Waals surface area (Å²) in [5.41, 5.74) is 2.22. The molecule has 1 saturated carbocycles. The van der Waals surface area contributed by atoms with Gasteiger partial charge in [-0.05, 0) is 36.5 Å². The summed E-state index contributed by atoms with van der Waals surface area (Å²) in [7, 11) is 1.76. The molecule has 3 aromatic heterocycles. The van der Waals surface area contributed by atoms with Gasteiger partial charge in [-0.25, -0.2) is 14.4 Å². The van der Waals surface area contributed by atoms with Crippen molar-refractivity contribution in [2.24, 2.45) is 18.9 Å². The number of aromatic nitrogens is 6. The quantitative estimate of drug-likeness (QED) is 0.496. The lowest BCUT2D eigenvalue weighted by atomic mass is 10.2. The topological polar surface area (TPSA) is 94.9 Å². The molecule has 3 atom stereocenters. The van der Waals surface area contributed by atoms with E-state index >= 15 is 0 Å². The summed E-state index contributed by atoms with van der Waals surface area (Å²) >= 11 is 0. The average Bonchev–Trinajstić information content (AvgIpc) is 3.18. The summed E-state index contributed by atoms with van der Waals surface area (Å²) < 4.78 is 22.4. The van der Waals surface area contributed by atoms with Gasteiger partial charge in [0.05, 0.1) is 6.33 Å². The molecule has 1 aliphatic heterocycles. The molecule has 2 fully saturated rings. The molecule has 0 bridgehead atoms. The number of anilines is 1. The number of hydrogen-bond acceptors (Lipinski definition) is 7. The molecule has 6 rings (SSSR count). The summed E-state index contributed by atoms with van der Waals surface area (Å²) in [6, 6.07) is 5.39. The summed E-state index contributed by atoms with van der Waals surface area (Å²) in [5, 5.41) is 4.16. The largest absolute Gasteiger partial charge is 0.371 e. The molecule has 0 N–H and O–H groups in total. The van der Waals surface area contributed by atoms with Crippen molar-refractivity contribution >= 4 is 16.9 Å². The van der Waals surface area contributed by atoms with Crippen LogP contribution in [0.4, 0.5) is 10.1 Å². The third-order valence-electron chi connectivity index (χ3n) is 6.50. The van der Waals surface area contributed by atoms with E-state index in [-0.39, 0.29) is 23.8 Å². The van der Waals surface area contributed by atoms with E-state index < -0.39 is 0 Å². The summed E-state index contributed by atoms with van der Waals surface area (Å²) in [4.78, 5) is 27.7. The predicted molar refractivity (Wildman–Crippen MR) is 109 cm³/mol. The van der Waals surface area contributed by atoms with Crippen LogP contribution in [0.2, 0.25) is 0 Å². The standard InChI is InChI=1S/C21H20FN7O2/c1-11-3-4-12(5-15(11)22)28-6-13-14(7-28)17(13)19-25-16(31-26-19)8-29-10-24-20-18(21(29)30)27(2)9-23-20/h3-5,9-10,13-14,17H,6-8H2,1-2H3/t13-,14+,17?. The summed E-state index contributed by atoms with van der Waals surface area (Å²) in [6.07, 6.45) is 3.01. The molecule has 0 amide bonds. The molecule has 1 unspecified atom stereocenters. The number of halogens is 1. The molecule has 9 nitrogen and oxygen atoms in total. The van der Waals surface area contributed by atoms with Crippen LogP contribution >= 0.6 is 0 Å². The Kier molecular flexibility index (Phi) is 3.80. The lowest BCUT2D eigenvalue weighted by molar-refractivity contribution is 0.363. The van der Waals surface area contributed by atoms with Crippen molar-refractivity contribution in [2.45, 2.75) is 19.4 Å². The number of imidazole rings is 1. The van der Waals surface area contributed by atoms with Gasteiger partial charge in [-0.2, -0.15) is 4.98 Å². The van der Waals surface area contributed by atoms with Crippen molar-refractivity contribution in [2.75, 3.05) is 18.0 Å². The van der Waals surface area contributed by atoms with Crippen molar-refractivity contribution in [3.8, 4) is 0 Å². The molecule has 4 heterocycles. The number of fused-ring (bicyclic) bond motifs is 2. The molecule has 2 aliphatic rings. The first-order chi connectivity index (χ1) is 15.0. The minimum Gasteiger partial charge on any atom is -0.371 e. The fourth-order valence-electron chi connectivity index (χ4n) is 4.70. The summed E-state index contributed by atoms with van der Waals surface area (Å²) in [5.74, 6) is 2.00. The van der Waals surface area contributed by atoms with Gasteiger partial charge in [-0.1, -0.05) is 11.2 Å². The van der Waals surface area contributed by atoms with Crippen LogP contribution in [0.1, 0.15) is 23.2 Å². The molecular weight excluding hydrogens is 401 g/mol. The van der Waals surface area contributed by atoms with Gasteiger partial charge in [0.2, 0.25) is 5.89 Å². The van der Waals surface area contributed by atoms with E-state index in [1.54, 1.807) is 30.9 Å². The monoisotopic (exact) mass is 421 g/mol. The van der Waals surface area contributed by atoms with Crippen LogP contribution in [0.25, 0.3) is 11.2 Å². The molecule has 0 radical (unpaired) electrons. The lowest BCUT2D eigenvalue weighted by Crippen LogP contribution is -2.24. The number of nitrogens with zero attached hydrogens (tertiary/aromatic N) is 7. The van der Waals surface area contributed by atoms with Crippen LogP contribution in [0.15, 0.2) is 40.2 Å². The van der Waals surface area contributed by atoms with Crippen LogP contribution < -0.4 is 10.5 Å². The number of piperidine rings is 1. The first-order valence-corrected chi connectivity index (χ1v) is 10.2. The van der Waals surface area contributed by atoms with E-state index in [1.807, 2.05) is 12.1 Å². The number of rotatable bonds is 4. The Morgan fingerprint density at radius 1 is 1.19 bits per heavy atom. The van der Waals surface area contributed by atoms with Crippen LogP contribution in [0.5, 0.6) is 0 Å². The Labute approximate surface area is 176 Å². The summed E-state index contributed by atoms with van der Waals surface area (Å²) in [6.45, 7) is 3.63. The molecule has 10 heteroatoms. The van der Waals surface area contributed by atoms with E-state index in [2.05, 4.69) is 25.0 Å². The molecule has 158 valence electrons. The third-order valence-corrected chi connectivity index (χ3v) is 6.50. The second-order valence-electron chi connectivity index (χ2n) is 8.44. The van der Waals surface area contributed by atoms with Crippen molar-refractivity contribution in [3.63, 3.8) is 0 Å². The first kappa shape index (κ1) is 18.2. The number of hydrogen-bond donors (Lipinski definition) is 0. The fraction of sp³-hybridized carbons (Fsp3) is 0.381. The van der Waals surface area contributed by atoms with Gasteiger partial charge in [0, 0.05) is 31.7 Å². The Morgan fingerprint density at radius 3 is 2.74 bits per heavy atom. The van der Waals surface area contributed by atoms with Gasteiger partial charge in [0.25, 0.3) is 5.56 Å². The van der Waals surface area contributed by atoms with Crippen LogP contribution in [0.3, 0.4) is 0 Å². The highest BCUT2D eigenvalue weighted by Crippen LogP contribution is 2.57. The molecular formula is C21H20FN7O2. The third kappa shape index (κ3) is 2.85.